The lowest BCUT2D eigenvalue weighted by Crippen LogP contribution is -2.52. The molecule has 0 fully saturated rings. The lowest BCUT2D eigenvalue weighted by Gasteiger charge is -2.33. The van der Waals surface area contributed by atoms with Crippen LogP contribution in [0.5, 0.6) is 5.75 Å². The van der Waals surface area contributed by atoms with Crippen LogP contribution in [0, 0.1) is 6.92 Å². The predicted molar refractivity (Wildman–Crippen MR) is 139 cm³/mol. The lowest BCUT2D eigenvalue weighted by atomic mass is 10.1. The predicted octanol–water partition coefficient (Wildman–Crippen LogP) is 3.76. The van der Waals surface area contributed by atoms with Gasteiger partial charge in [0.2, 0.25) is 21.8 Å². The topological polar surface area (TPSA) is 96.0 Å². The summed E-state index contributed by atoms with van der Waals surface area (Å²) in [6.45, 7) is 5.67. The summed E-state index contributed by atoms with van der Waals surface area (Å²) in [4.78, 5) is 28.0. The van der Waals surface area contributed by atoms with Crippen molar-refractivity contribution in [2.75, 3.05) is 30.8 Å². The van der Waals surface area contributed by atoms with Crippen molar-refractivity contribution in [3.63, 3.8) is 0 Å². The van der Waals surface area contributed by atoms with Gasteiger partial charge in [0.05, 0.1) is 19.1 Å². The second-order valence-corrected chi connectivity index (χ2v) is 10.6. The third-order valence-corrected chi connectivity index (χ3v) is 6.92. The molecule has 0 unspecified atom stereocenters. The number of nitrogens with one attached hydrogen (secondary N) is 1. The largest absolute Gasteiger partial charge is 0.497 e. The molecule has 2 amide bonds. The number of carbonyl (C=O) groups is 2. The summed E-state index contributed by atoms with van der Waals surface area (Å²) in [5, 5.41) is 3.32. The molecule has 0 spiro atoms. The number of rotatable bonds is 12. The summed E-state index contributed by atoms with van der Waals surface area (Å²) in [6, 6.07) is 11.2. The SMILES string of the molecule is CCCNC(=O)[C@@H](CC)N(Cc1ccc(OC)cc1)C(=O)CN(c1ccc(Cl)cc1C)S(C)(=O)=O. The number of benzene rings is 2. The molecule has 0 saturated carbocycles. The van der Waals surface area contributed by atoms with Gasteiger partial charge in [0.15, 0.2) is 0 Å². The smallest absolute Gasteiger partial charge is 0.244 e. The van der Waals surface area contributed by atoms with Gasteiger partial charge in [-0.2, -0.15) is 0 Å². The van der Waals surface area contributed by atoms with Gasteiger partial charge in [-0.1, -0.05) is 37.6 Å². The minimum absolute atomic E-state index is 0.137. The van der Waals surface area contributed by atoms with Crippen molar-refractivity contribution in [2.45, 2.75) is 46.2 Å². The number of halogens is 1. The van der Waals surface area contributed by atoms with Gasteiger partial charge in [-0.15, -0.1) is 0 Å². The van der Waals surface area contributed by atoms with Gasteiger partial charge in [0.1, 0.15) is 18.3 Å². The Bertz CT molecular complexity index is 1120. The average molecular weight is 524 g/mol. The number of ether oxygens (including phenoxy) is 1. The van der Waals surface area contributed by atoms with Gasteiger partial charge in [0, 0.05) is 18.1 Å². The first-order valence-electron chi connectivity index (χ1n) is 11.5. The second-order valence-electron chi connectivity index (χ2n) is 8.29. The highest BCUT2D eigenvalue weighted by Crippen LogP contribution is 2.26. The lowest BCUT2D eigenvalue weighted by molar-refractivity contribution is -0.140. The zero-order valence-corrected chi connectivity index (χ0v) is 22.4. The Hall–Kier alpha value is -2.78. The van der Waals surface area contributed by atoms with Crippen LogP contribution in [-0.2, 0) is 26.2 Å². The standard InChI is InChI=1S/C25H34ClN3O5S/c1-6-14-27-25(31)22(7-2)28(16-19-8-11-21(34-4)12-9-19)24(30)17-29(35(5,32)33)23-13-10-20(26)15-18(23)3/h8-13,15,22H,6-7,14,16-17H2,1-5H3,(H,27,31)/t22-/m1/s1. The highest BCUT2D eigenvalue weighted by molar-refractivity contribution is 7.92. The van der Waals surface area contributed by atoms with Crippen LogP contribution in [0.1, 0.15) is 37.8 Å². The summed E-state index contributed by atoms with van der Waals surface area (Å²) in [5.74, 6) is -0.0929. The molecule has 192 valence electrons. The molecule has 8 nitrogen and oxygen atoms in total. The zero-order chi connectivity index (χ0) is 26.2. The van der Waals surface area contributed by atoms with Gasteiger partial charge in [-0.3, -0.25) is 13.9 Å². The number of nitrogens with zero attached hydrogens (tertiary/aromatic N) is 2. The molecule has 1 atom stereocenters. The van der Waals surface area contributed by atoms with Crippen LogP contribution in [0.15, 0.2) is 42.5 Å². The van der Waals surface area contributed by atoms with Gasteiger partial charge in [0.25, 0.3) is 0 Å². The fourth-order valence-corrected chi connectivity index (χ4v) is 4.84. The Morgan fingerprint density at radius 1 is 1.11 bits per heavy atom. The Balaban J connectivity index is 2.44. The number of methoxy groups -OCH3 is 1. The fraction of sp³-hybridized carbons (Fsp3) is 0.440. The maximum absolute atomic E-state index is 13.6. The quantitative estimate of drug-likeness (QED) is 0.457. The van der Waals surface area contributed by atoms with Crippen molar-refractivity contribution >= 4 is 39.1 Å². The molecule has 2 aromatic carbocycles. The molecule has 10 heteroatoms. The molecule has 35 heavy (non-hydrogen) atoms. The molecule has 0 aliphatic heterocycles. The number of sulfonamides is 1. The number of anilines is 1. The molecule has 0 aromatic heterocycles. The van der Waals surface area contributed by atoms with E-state index in [9.17, 15) is 18.0 Å². The van der Waals surface area contributed by atoms with E-state index < -0.39 is 28.5 Å². The summed E-state index contributed by atoms with van der Waals surface area (Å²) in [7, 11) is -2.24. The molecule has 1 N–H and O–H groups in total. The zero-order valence-electron chi connectivity index (χ0n) is 20.9. The number of amides is 2. The number of carbonyl (C=O) groups excluding carboxylic acids is 2. The van der Waals surface area contributed by atoms with Crippen molar-refractivity contribution in [1.82, 2.24) is 10.2 Å². The van der Waals surface area contributed by atoms with Crippen molar-refractivity contribution < 1.29 is 22.7 Å². The summed E-state index contributed by atoms with van der Waals surface area (Å²) in [5.41, 5.74) is 1.76. The number of hydrogen-bond donors (Lipinski definition) is 1. The minimum Gasteiger partial charge on any atom is -0.497 e. The van der Waals surface area contributed by atoms with E-state index in [-0.39, 0.29) is 12.5 Å². The van der Waals surface area contributed by atoms with Crippen LogP contribution >= 0.6 is 11.6 Å². The van der Waals surface area contributed by atoms with Crippen molar-refractivity contribution in [2.24, 2.45) is 0 Å². The fourth-order valence-electron chi connectivity index (χ4n) is 3.71. The van der Waals surface area contributed by atoms with E-state index in [1.54, 1.807) is 44.4 Å². The van der Waals surface area contributed by atoms with E-state index in [0.717, 1.165) is 22.5 Å². The Kier molecular flexibility index (Phi) is 10.4. The van der Waals surface area contributed by atoms with E-state index in [1.807, 2.05) is 26.0 Å². The van der Waals surface area contributed by atoms with Crippen LogP contribution in [0.3, 0.4) is 0 Å². The van der Waals surface area contributed by atoms with Gasteiger partial charge in [-0.05, 0) is 61.2 Å². The monoisotopic (exact) mass is 523 g/mol. The van der Waals surface area contributed by atoms with Gasteiger partial charge >= 0.3 is 0 Å². The average Bonchev–Trinajstić information content (AvgIpc) is 2.81. The van der Waals surface area contributed by atoms with E-state index >= 15 is 0 Å². The summed E-state index contributed by atoms with van der Waals surface area (Å²) >= 11 is 6.04. The number of hydrogen-bond acceptors (Lipinski definition) is 5. The van der Waals surface area contributed by atoms with Crippen molar-refractivity contribution in [3.05, 3.63) is 58.6 Å². The first kappa shape index (κ1) is 28.5. The van der Waals surface area contributed by atoms with Crippen LogP contribution in [-0.4, -0.2) is 57.6 Å². The highest BCUT2D eigenvalue weighted by atomic mass is 35.5. The molecule has 0 aliphatic rings. The van der Waals surface area contributed by atoms with E-state index in [1.165, 1.54) is 4.90 Å². The van der Waals surface area contributed by atoms with Crippen LogP contribution in [0.4, 0.5) is 5.69 Å². The van der Waals surface area contributed by atoms with Gasteiger partial charge in [-0.25, -0.2) is 8.42 Å². The molecule has 0 heterocycles. The third kappa shape index (κ3) is 7.86. The Morgan fingerprint density at radius 2 is 1.77 bits per heavy atom. The molecule has 0 bridgehead atoms. The van der Waals surface area contributed by atoms with E-state index in [2.05, 4.69) is 5.32 Å². The molecule has 2 aromatic rings. The van der Waals surface area contributed by atoms with Crippen LogP contribution in [0.25, 0.3) is 0 Å². The van der Waals surface area contributed by atoms with Crippen LogP contribution < -0.4 is 14.4 Å². The normalized spacial score (nSPS) is 12.1. The molecular weight excluding hydrogens is 490 g/mol. The molecule has 0 saturated heterocycles. The molecule has 0 aliphatic carbocycles. The van der Waals surface area contributed by atoms with Crippen molar-refractivity contribution in [1.29, 1.82) is 0 Å². The van der Waals surface area contributed by atoms with E-state index in [0.29, 0.717) is 35.0 Å². The minimum atomic E-state index is -3.80. The van der Waals surface area contributed by atoms with E-state index in [4.69, 9.17) is 16.3 Å². The van der Waals surface area contributed by atoms with Gasteiger partial charge < -0.3 is 15.0 Å². The van der Waals surface area contributed by atoms with Crippen LogP contribution in [0.2, 0.25) is 5.02 Å². The summed E-state index contributed by atoms with van der Waals surface area (Å²) < 4.78 is 31.7. The molecular formula is C25H34ClN3O5S. The second kappa shape index (κ2) is 12.8. The first-order valence-corrected chi connectivity index (χ1v) is 13.7. The Morgan fingerprint density at radius 3 is 2.29 bits per heavy atom. The third-order valence-electron chi connectivity index (χ3n) is 5.55. The Labute approximate surface area is 213 Å². The van der Waals surface area contributed by atoms with Crippen molar-refractivity contribution in [3.8, 4) is 5.75 Å². The maximum atomic E-state index is 13.6. The number of aryl methyl sites for hydroxylation is 1. The summed E-state index contributed by atoms with van der Waals surface area (Å²) in [6.07, 6.45) is 2.18. The first-order chi connectivity index (χ1) is 16.5. The molecule has 2 rings (SSSR count). The highest BCUT2D eigenvalue weighted by Gasteiger charge is 2.32. The maximum Gasteiger partial charge on any atom is 0.244 e. The molecule has 0 radical (unpaired) electrons.